The van der Waals surface area contributed by atoms with E-state index in [1.807, 2.05) is 0 Å². The molecule has 13 atom stereocenters. The first kappa shape index (κ1) is 86.6. The summed E-state index contributed by atoms with van der Waals surface area (Å²) in [4.78, 5) is 167. The average Bonchev–Trinajstić information content (AvgIpc) is 0.669. The van der Waals surface area contributed by atoms with Gasteiger partial charge in [0.25, 0.3) is 10.1 Å². The van der Waals surface area contributed by atoms with Gasteiger partial charge >= 0.3 is 42.2 Å². The zero-order chi connectivity index (χ0) is 81.1. The van der Waals surface area contributed by atoms with Gasteiger partial charge < -0.3 is 90.6 Å². The second kappa shape index (κ2) is 35.8. The molecule has 7 rings (SSSR count). The zero-order valence-electron chi connectivity index (χ0n) is 63.4. The van der Waals surface area contributed by atoms with Gasteiger partial charge in [-0.1, -0.05) is 102 Å². The first-order chi connectivity index (χ1) is 50.8. The van der Waals surface area contributed by atoms with Crippen LogP contribution in [0.2, 0.25) is 0 Å². The number of amides is 8. The molecule has 1 heterocycles. The quantitative estimate of drug-likeness (QED) is 0.0135. The number of rotatable bonds is 31. The summed E-state index contributed by atoms with van der Waals surface area (Å²) in [6.07, 6.45) is -16.0. The van der Waals surface area contributed by atoms with Gasteiger partial charge in [-0.15, -0.1) is 0 Å². The Kier molecular flexibility index (Phi) is 28.5. The molecule has 0 spiro atoms. The fourth-order valence-corrected chi connectivity index (χ4v) is 14.7. The molecule has 8 amide bonds. The first-order valence-corrected chi connectivity index (χ1v) is 37.5. The molecule has 0 aromatic heterocycles. The second-order valence-electron chi connectivity index (χ2n) is 30.3. The summed E-state index contributed by atoms with van der Waals surface area (Å²) in [5, 5.41) is 51.9. The number of benzene rings is 3. The maximum absolute atomic E-state index is 15.7. The minimum atomic E-state index is -4.89. The number of hydrogen-bond acceptors (Lipinski definition) is 24. The van der Waals surface area contributed by atoms with Crippen molar-refractivity contribution in [3.05, 3.63) is 113 Å². The maximum atomic E-state index is 15.7. The molecular formula is C75H102N8O25S. The average molecular weight is 1550 g/mol. The molecule has 1 aliphatic heterocycles. The second-order valence-corrected chi connectivity index (χ2v) is 31.8. The van der Waals surface area contributed by atoms with Gasteiger partial charge in [-0.3, -0.25) is 33.3 Å². The highest BCUT2D eigenvalue weighted by Gasteiger charge is 2.78. The Bertz CT molecular complexity index is 4000. The Balaban J connectivity index is 1.15. The van der Waals surface area contributed by atoms with Crippen molar-refractivity contribution >= 4 is 87.3 Å². The molecule has 109 heavy (non-hydrogen) atoms. The van der Waals surface area contributed by atoms with Crippen LogP contribution in [-0.2, 0) is 83.4 Å². The van der Waals surface area contributed by atoms with Crippen molar-refractivity contribution in [1.82, 2.24) is 31.1 Å². The number of hydrogen-bond donors (Lipinski definition) is 10. The molecule has 11 N–H and O–H groups in total. The Labute approximate surface area is 632 Å². The molecule has 3 aromatic rings. The Hall–Kier alpha value is -9.61. The molecule has 3 aromatic carbocycles. The number of nitrogens with two attached hydrogens (primary N) is 1. The largest absolute Gasteiger partial charge is 0.455 e. The molecule has 598 valence electrons. The van der Waals surface area contributed by atoms with Gasteiger partial charge in [-0.2, -0.15) is 8.42 Å². The topological polar surface area (TPSA) is 477 Å². The van der Waals surface area contributed by atoms with Gasteiger partial charge in [0.1, 0.15) is 66.1 Å². The fourth-order valence-electron chi connectivity index (χ4n) is 14.3. The molecule has 2 bridgehead atoms. The Morgan fingerprint density at radius 3 is 2.01 bits per heavy atom. The number of Topliss-reactive ketones (excluding diaryl/α,β-unsaturated/α-hetero) is 2. The lowest BCUT2D eigenvalue weighted by molar-refractivity contribution is -0.346. The highest BCUT2D eigenvalue weighted by Crippen LogP contribution is 2.64. The normalized spacial score (nSPS) is 23.8. The van der Waals surface area contributed by atoms with E-state index in [0.717, 1.165) is 11.8 Å². The van der Waals surface area contributed by atoms with Crippen LogP contribution >= 0.6 is 0 Å². The molecule has 33 nitrogen and oxygen atoms in total. The number of anilines is 1. The van der Waals surface area contributed by atoms with E-state index in [0.29, 0.717) is 10.5 Å². The lowest BCUT2D eigenvalue weighted by Gasteiger charge is -2.67. The highest BCUT2D eigenvalue weighted by atomic mass is 32.2. The number of nitrogens with zero attached hydrogens (tertiary/aromatic N) is 2. The molecule has 34 heteroatoms. The van der Waals surface area contributed by atoms with Crippen LogP contribution < -0.4 is 32.3 Å². The third-order valence-corrected chi connectivity index (χ3v) is 21.1. The molecule has 2 saturated carbocycles. The van der Waals surface area contributed by atoms with Crippen LogP contribution in [0.4, 0.5) is 24.9 Å². The van der Waals surface area contributed by atoms with Crippen molar-refractivity contribution in [2.45, 2.75) is 200 Å². The lowest BCUT2D eigenvalue weighted by atomic mass is 9.44. The number of aliphatic hydroxyl groups is 3. The number of nitrogens with one attached hydrogen (secondary N) is 5. The SMILES string of the molecule is CC(=O)O[C@@]12CO[C@@H]1C[C@H](O)[C@@]1(C)C(=O)[C@H](O)C3=C(C)[C@@H](OC(=O)[C@H](OC(=O)N(CCN(C)C(=O)OCc4ccc(NC(=O)[C@H](CCCNC(N)=O)NC(=O)[C@@H](NC(=O)CCC(=O)C(C)C)C(C)C)cc4)CCS(=O)(=O)O)[C@@H](NC(=O)OC(C)(C)C)c4ccccc4)C[C@@](O)([C@@H](OC(=O)c4ccccc4)C12)C3(C)C. The highest BCUT2D eigenvalue weighted by molar-refractivity contribution is 7.85. The number of fused-ring (bicyclic) bond motifs is 5. The molecule has 3 fully saturated rings. The van der Waals surface area contributed by atoms with E-state index in [1.54, 1.807) is 39.8 Å². The summed E-state index contributed by atoms with van der Waals surface area (Å²) in [5.74, 6) is -10.1. The molecule has 3 aliphatic carbocycles. The van der Waals surface area contributed by atoms with E-state index >= 15 is 9.59 Å². The van der Waals surface area contributed by atoms with Gasteiger partial charge in [-0.05, 0) is 99.9 Å². The number of primary amides is 1. The van der Waals surface area contributed by atoms with E-state index in [-0.39, 0.29) is 84.9 Å². The van der Waals surface area contributed by atoms with Crippen LogP contribution in [-0.4, -0.2) is 221 Å². The molecule has 1 unspecified atom stereocenters. The van der Waals surface area contributed by atoms with Crippen molar-refractivity contribution < 1.29 is 119 Å². The number of ketones is 2. The summed E-state index contributed by atoms with van der Waals surface area (Å²) in [7, 11) is -3.63. The van der Waals surface area contributed by atoms with Gasteiger partial charge in [0.15, 0.2) is 11.4 Å². The Morgan fingerprint density at radius 1 is 0.807 bits per heavy atom. The van der Waals surface area contributed by atoms with Crippen molar-refractivity contribution in [3.63, 3.8) is 0 Å². The molecule has 0 radical (unpaired) electrons. The van der Waals surface area contributed by atoms with Gasteiger partial charge in [0, 0.05) is 82.9 Å². The first-order valence-electron chi connectivity index (χ1n) is 35.9. The van der Waals surface area contributed by atoms with E-state index < -0.39 is 208 Å². The van der Waals surface area contributed by atoms with Crippen LogP contribution in [0.5, 0.6) is 0 Å². The summed E-state index contributed by atoms with van der Waals surface area (Å²) < 4.78 is 76.9. The van der Waals surface area contributed by atoms with E-state index in [9.17, 15) is 76.2 Å². The van der Waals surface area contributed by atoms with Gasteiger partial charge in [0.2, 0.25) is 23.8 Å². The summed E-state index contributed by atoms with van der Waals surface area (Å²) >= 11 is 0. The van der Waals surface area contributed by atoms with Gasteiger partial charge in [-0.25, -0.2) is 28.8 Å². The van der Waals surface area contributed by atoms with Crippen molar-refractivity contribution in [2.75, 3.05) is 50.9 Å². The number of carbonyl (C=O) groups excluding carboxylic acids is 12. The molecular weight excluding hydrogens is 1440 g/mol. The van der Waals surface area contributed by atoms with E-state index in [4.69, 9.17) is 38.9 Å². The van der Waals surface area contributed by atoms with Crippen LogP contribution in [0.15, 0.2) is 96.1 Å². The summed E-state index contributed by atoms with van der Waals surface area (Å²) in [6.45, 7) is 15.4. The third-order valence-electron chi connectivity index (χ3n) is 20.4. The Morgan fingerprint density at radius 2 is 1.44 bits per heavy atom. The predicted molar refractivity (Wildman–Crippen MR) is 388 cm³/mol. The van der Waals surface area contributed by atoms with Crippen LogP contribution in [0.1, 0.15) is 149 Å². The zero-order valence-corrected chi connectivity index (χ0v) is 64.3. The lowest BCUT2D eigenvalue weighted by Crippen LogP contribution is -2.81. The number of carbonyl (C=O) groups is 12. The number of esters is 3. The summed E-state index contributed by atoms with van der Waals surface area (Å²) in [5.41, 5.74) is -4.22. The minimum Gasteiger partial charge on any atom is -0.455 e. The molecule has 1 saturated heterocycles. The van der Waals surface area contributed by atoms with Crippen LogP contribution in [0.3, 0.4) is 0 Å². The van der Waals surface area contributed by atoms with Gasteiger partial charge in [0.05, 0.1) is 35.4 Å². The van der Waals surface area contributed by atoms with Crippen LogP contribution in [0.25, 0.3) is 0 Å². The maximum Gasteiger partial charge on any atom is 0.410 e. The smallest absolute Gasteiger partial charge is 0.410 e. The van der Waals surface area contributed by atoms with Crippen molar-refractivity contribution in [3.8, 4) is 0 Å². The molecule has 4 aliphatic rings. The number of ether oxygens (including phenoxy) is 7. The van der Waals surface area contributed by atoms with Crippen LogP contribution in [0, 0.1) is 28.6 Å². The standard InChI is InChI=1S/C75H102N8O25S/c1-41(2)50(85)30-31-54(87)80-56(42(3)4)64(91)79-49(25-20-32-77-67(76)94)63(90)78-48-28-26-45(27-29-48)39-102-69(96)82(13)33-34-83(35-36-109(99,100)101)70(97)105-59(57(46-21-16-14-17-22-46)81-68(95)108-71(7,8)9)66(93)104-51-38-75(98)62(106-65(92)47-23-18-15-19-24-47)60-73(12,61(89)58(88)55(43(51)5)72(75,10)11)52(86)37-53-74(60,40-103-53)107-44(6)84/h14-19,21-24,26-29,41-42,49,51-53,56-60,62,86,88,98H,20,25,30-40H2,1-13H3,(H,78,90)(H,79,91)(H,80,87)(H,81,95)(H3,76,77,94)(H,99,100,101)/t49-,51-,52-,53+,56-,57-,58+,59+,60?,62-,73+,74-,75+/m0/s1. The van der Waals surface area contributed by atoms with Crippen molar-refractivity contribution in [2.24, 2.45) is 34.3 Å². The fraction of sp³-hybridized carbons (Fsp3) is 0.573. The number of aliphatic hydroxyl groups excluding tert-OH is 2. The number of urea groups is 1. The third kappa shape index (κ3) is 21.1. The van der Waals surface area contributed by atoms with Crippen molar-refractivity contribution in [1.29, 1.82) is 0 Å². The monoisotopic (exact) mass is 1550 g/mol. The summed E-state index contributed by atoms with van der Waals surface area (Å²) in [6, 6.07) is 16.1. The number of likely N-dealkylation sites (N-methyl/N-ethyl adjacent to an activating group) is 1. The van der Waals surface area contributed by atoms with E-state index in [1.165, 1.54) is 128 Å². The predicted octanol–water partition coefficient (Wildman–Crippen LogP) is 4.88. The van der Waals surface area contributed by atoms with E-state index in [2.05, 4.69) is 26.6 Å². The minimum absolute atomic E-state index is 0.0106. The number of alkyl carbamates (subject to hydrolysis) is 1.